The highest BCUT2D eigenvalue weighted by atomic mass is 19.1. The summed E-state index contributed by atoms with van der Waals surface area (Å²) in [6, 6.07) is 8.81. The van der Waals surface area contributed by atoms with Crippen molar-refractivity contribution in [3.63, 3.8) is 0 Å². The summed E-state index contributed by atoms with van der Waals surface area (Å²) in [6.07, 6.45) is 3.39. The predicted octanol–water partition coefficient (Wildman–Crippen LogP) is 3.18. The molecule has 3 aromatic rings. The van der Waals surface area contributed by atoms with Crippen LogP contribution >= 0.6 is 0 Å². The second-order valence-electron chi connectivity index (χ2n) is 4.93. The molecular weight excluding hydrogens is 267 g/mol. The van der Waals surface area contributed by atoms with E-state index >= 15 is 0 Å². The quantitative estimate of drug-likeness (QED) is 0.785. The normalized spacial score (nSPS) is 10.8. The first-order valence-corrected chi connectivity index (χ1v) is 6.57. The molecule has 3 rings (SSSR count). The molecule has 2 N–H and O–H groups in total. The maximum absolute atomic E-state index is 13.8. The maximum Gasteiger partial charge on any atom is 0.129 e. The van der Waals surface area contributed by atoms with E-state index in [9.17, 15) is 4.39 Å². The number of nitrogens with two attached hydrogens (primary N) is 1. The zero-order valence-corrected chi connectivity index (χ0v) is 11.8. The molecule has 0 unspecified atom stereocenters. The van der Waals surface area contributed by atoms with Crippen LogP contribution in [0.2, 0.25) is 0 Å². The van der Waals surface area contributed by atoms with Crippen LogP contribution in [0.25, 0.3) is 22.4 Å². The summed E-state index contributed by atoms with van der Waals surface area (Å²) in [6.45, 7) is 1.73. The van der Waals surface area contributed by atoms with E-state index in [0.717, 1.165) is 11.1 Å². The molecule has 21 heavy (non-hydrogen) atoms. The Kier molecular flexibility index (Phi) is 3.17. The fraction of sp³-hybridized carbons (Fsp3) is 0.125. The predicted molar refractivity (Wildman–Crippen MR) is 81.0 cm³/mol. The molecule has 106 valence electrons. The monoisotopic (exact) mass is 282 g/mol. The van der Waals surface area contributed by atoms with Gasteiger partial charge in [0.2, 0.25) is 0 Å². The number of halogens is 1. The lowest BCUT2D eigenvalue weighted by molar-refractivity contribution is 0.619. The van der Waals surface area contributed by atoms with Gasteiger partial charge in [0, 0.05) is 25.0 Å². The highest BCUT2D eigenvalue weighted by Crippen LogP contribution is 2.35. The van der Waals surface area contributed by atoms with Crippen LogP contribution in [0.15, 0.2) is 42.7 Å². The first kappa shape index (κ1) is 13.3. The van der Waals surface area contributed by atoms with Gasteiger partial charge in [0.25, 0.3) is 0 Å². The van der Waals surface area contributed by atoms with Crippen LogP contribution < -0.4 is 5.73 Å². The van der Waals surface area contributed by atoms with Crippen molar-refractivity contribution in [1.82, 2.24) is 14.8 Å². The van der Waals surface area contributed by atoms with Crippen molar-refractivity contribution in [3.8, 4) is 22.4 Å². The topological polar surface area (TPSA) is 56.7 Å². The minimum absolute atomic E-state index is 0.252. The van der Waals surface area contributed by atoms with E-state index in [4.69, 9.17) is 5.73 Å². The third kappa shape index (κ3) is 2.27. The standard InChI is InChI=1S/C16H15FN4/c1-10-3-4-12(9-13(10)17)15-14(16(18)21(2)20-15)11-5-7-19-8-6-11/h3-9H,18H2,1-2H3. The summed E-state index contributed by atoms with van der Waals surface area (Å²) in [4.78, 5) is 4.01. The molecule has 0 aliphatic rings. The zero-order chi connectivity index (χ0) is 15.0. The number of nitrogen functional groups attached to an aromatic ring is 1. The van der Waals surface area contributed by atoms with Crippen molar-refractivity contribution >= 4 is 5.82 Å². The smallest absolute Gasteiger partial charge is 0.129 e. The summed E-state index contributed by atoms with van der Waals surface area (Å²) < 4.78 is 15.4. The molecule has 0 fully saturated rings. The Morgan fingerprint density at radius 3 is 2.48 bits per heavy atom. The molecule has 5 heteroatoms. The second-order valence-corrected chi connectivity index (χ2v) is 4.93. The molecule has 0 saturated heterocycles. The summed E-state index contributed by atoms with van der Waals surface area (Å²) in [5, 5.41) is 4.43. The van der Waals surface area contributed by atoms with Gasteiger partial charge in [-0.05, 0) is 36.2 Å². The number of aromatic nitrogens is 3. The van der Waals surface area contributed by atoms with E-state index < -0.39 is 0 Å². The highest BCUT2D eigenvalue weighted by Gasteiger charge is 2.17. The Balaban J connectivity index is 2.24. The van der Waals surface area contributed by atoms with Crippen molar-refractivity contribution in [1.29, 1.82) is 0 Å². The fourth-order valence-corrected chi connectivity index (χ4v) is 2.28. The molecule has 4 nitrogen and oxygen atoms in total. The van der Waals surface area contributed by atoms with Gasteiger partial charge < -0.3 is 5.73 Å². The lowest BCUT2D eigenvalue weighted by atomic mass is 10.0. The average Bonchev–Trinajstić information content (AvgIpc) is 2.79. The Labute approximate surface area is 122 Å². The average molecular weight is 282 g/mol. The molecular formula is C16H15FN4. The molecule has 0 radical (unpaired) electrons. The molecule has 0 aliphatic carbocycles. The molecule has 0 aliphatic heterocycles. The Morgan fingerprint density at radius 1 is 1.10 bits per heavy atom. The van der Waals surface area contributed by atoms with Crippen molar-refractivity contribution in [3.05, 3.63) is 54.1 Å². The molecule has 2 aromatic heterocycles. The van der Waals surface area contributed by atoms with Gasteiger partial charge in [-0.1, -0.05) is 12.1 Å². The zero-order valence-electron chi connectivity index (χ0n) is 11.8. The SMILES string of the molecule is Cc1ccc(-c2nn(C)c(N)c2-c2ccncc2)cc1F. The van der Waals surface area contributed by atoms with Gasteiger partial charge >= 0.3 is 0 Å². The first-order valence-electron chi connectivity index (χ1n) is 6.57. The van der Waals surface area contributed by atoms with Gasteiger partial charge in [0.1, 0.15) is 17.3 Å². The van der Waals surface area contributed by atoms with Gasteiger partial charge in [0.15, 0.2) is 0 Å². The van der Waals surface area contributed by atoms with Gasteiger partial charge in [-0.3, -0.25) is 9.67 Å². The van der Waals surface area contributed by atoms with Crippen molar-refractivity contribution in [2.75, 3.05) is 5.73 Å². The fourth-order valence-electron chi connectivity index (χ4n) is 2.28. The number of pyridine rings is 1. The number of hydrogen-bond acceptors (Lipinski definition) is 3. The lowest BCUT2D eigenvalue weighted by Gasteiger charge is -2.05. The molecule has 0 atom stereocenters. The minimum Gasteiger partial charge on any atom is -0.383 e. The summed E-state index contributed by atoms with van der Waals surface area (Å²) in [7, 11) is 1.77. The van der Waals surface area contributed by atoms with Gasteiger partial charge in [-0.15, -0.1) is 0 Å². The highest BCUT2D eigenvalue weighted by molar-refractivity contribution is 5.87. The Bertz CT molecular complexity index is 794. The number of aryl methyl sites for hydroxylation is 2. The number of anilines is 1. The van der Waals surface area contributed by atoms with Crippen LogP contribution in [0, 0.1) is 12.7 Å². The Morgan fingerprint density at radius 2 is 1.81 bits per heavy atom. The van der Waals surface area contributed by atoms with Crippen LogP contribution in [0.5, 0.6) is 0 Å². The van der Waals surface area contributed by atoms with Crippen LogP contribution in [0.4, 0.5) is 10.2 Å². The Hall–Kier alpha value is -2.69. The molecule has 2 heterocycles. The number of benzene rings is 1. The van der Waals surface area contributed by atoms with Crippen LogP contribution in [-0.2, 0) is 7.05 Å². The maximum atomic E-state index is 13.8. The first-order chi connectivity index (χ1) is 10.1. The van der Waals surface area contributed by atoms with E-state index in [1.54, 1.807) is 37.1 Å². The summed E-state index contributed by atoms with van der Waals surface area (Å²) in [5.41, 5.74) is 9.81. The van der Waals surface area contributed by atoms with E-state index in [2.05, 4.69) is 10.1 Å². The van der Waals surface area contributed by atoms with Crippen LogP contribution in [-0.4, -0.2) is 14.8 Å². The molecule has 0 saturated carbocycles. The van der Waals surface area contributed by atoms with Crippen molar-refractivity contribution in [2.24, 2.45) is 7.05 Å². The largest absolute Gasteiger partial charge is 0.383 e. The third-order valence-corrected chi connectivity index (χ3v) is 3.51. The van der Waals surface area contributed by atoms with Crippen molar-refractivity contribution in [2.45, 2.75) is 6.92 Å². The van der Waals surface area contributed by atoms with E-state index in [1.165, 1.54) is 6.07 Å². The summed E-state index contributed by atoms with van der Waals surface area (Å²) >= 11 is 0. The second kappa shape index (κ2) is 5.01. The molecule has 0 amide bonds. The number of hydrogen-bond donors (Lipinski definition) is 1. The minimum atomic E-state index is -0.252. The van der Waals surface area contributed by atoms with Gasteiger partial charge in [-0.2, -0.15) is 5.10 Å². The lowest BCUT2D eigenvalue weighted by Crippen LogP contribution is -1.97. The van der Waals surface area contributed by atoms with Gasteiger partial charge in [0.05, 0.1) is 5.56 Å². The van der Waals surface area contributed by atoms with E-state index in [0.29, 0.717) is 22.6 Å². The van der Waals surface area contributed by atoms with E-state index in [-0.39, 0.29) is 5.82 Å². The molecule has 0 bridgehead atoms. The molecule has 0 spiro atoms. The van der Waals surface area contributed by atoms with Crippen LogP contribution in [0.1, 0.15) is 5.56 Å². The van der Waals surface area contributed by atoms with Gasteiger partial charge in [-0.25, -0.2) is 4.39 Å². The third-order valence-electron chi connectivity index (χ3n) is 3.51. The van der Waals surface area contributed by atoms with E-state index in [1.807, 2.05) is 18.2 Å². The number of rotatable bonds is 2. The molecule has 1 aromatic carbocycles. The summed E-state index contributed by atoms with van der Waals surface area (Å²) in [5.74, 6) is 0.287. The van der Waals surface area contributed by atoms with Crippen molar-refractivity contribution < 1.29 is 4.39 Å². The number of nitrogens with zero attached hydrogens (tertiary/aromatic N) is 3. The van der Waals surface area contributed by atoms with Crippen LogP contribution in [0.3, 0.4) is 0 Å².